The van der Waals surface area contributed by atoms with Crippen LogP contribution in [0.15, 0.2) is 72.9 Å². The molecule has 0 aliphatic rings. The summed E-state index contributed by atoms with van der Waals surface area (Å²) < 4.78 is 68.8. The second-order valence-electron chi connectivity index (χ2n) is 28.4. The average molecular weight is 1510 g/mol. The number of esters is 4. The molecule has 5 atom stereocenters. The molecular formula is C85H154O17P2. The molecule has 0 rings (SSSR count). The maximum atomic E-state index is 13.1. The van der Waals surface area contributed by atoms with E-state index in [1.54, 1.807) is 0 Å². The van der Waals surface area contributed by atoms with Crippen LogP contribution in [0.4, 0.5) is 0 Å². The lowest BCUT2D eigenvalue weighted by Gasteiger charge is -2.21. The minimum atomic E-state index is -4.98. The van der Waals surface area contributed by atoms with E-state index in [1.165, 1.54) is 173 Å². The molecule has 19 heteroatoms. The van der Waals surface area contributed by atoms with Gasteiger partial charge >= 0.3 is 39.5 Å². The summed E-state index contributed by atoms with van der Waals surface area (Å²) in [5.41, 5.74) is 0. The number of rotatable bonds is 80. The average Bonchev–Trinajstić information content (AvgIpc) is 0.943. The minimum absolute atomic E-state index is 0.0600. The normalized spacial score (nSPS) is 14.2. The molecule has 2 unspecified atom stereocenters. The largest absolute Gasteiger partial charge is 0.472 e. The van der Waals surface area contributed by atoms with E-state index in [2.05, 4.69) is 101 Å². The van der Waals surface area contributed by atoms with Crippen molar-refractivity contribution in [2.24, 2.45) is 0 Å². The first-order valence-corrected chi connectivity index (χ1v) is 45.2. The molecule has 0 saturated carbocycles. The molecule has 0 saturated heterocycles. The lowest BCUT2D eigenvalue weighted by molar-refractivity contribution is -0.161. The van der Waals surface area contributed by atoms with E-state index >= 15 is 0 Å². The van der Waals surface area contributed by atoms with Gasteiger partial charge in [0.25, 0.3) is 0 Å². The van der Waals surface area contributed by atoms with E-state index in [0.29, 0.717) is 25.7 Å². The molecule has 0 aromatic carbocycles. The predicted octanol–water partition coefficient (Wildman–Crippen LogP) is 24.8. The smallest absolute Gasteiger partial charge is 0.462 e. The van der Waals surface area contributed by atoms with Gasteiger partial charge in [0.2, 0.25) is 0 Å². The van der Waals surface area contributed by atoms with Gasteiger partial charge in [-0.1, -0.05) is 338 Å². The van der Waals surface area contributed by atoms with Crippen LogP contribution in [0.25, 0.3) is 0 Å². The van der Waals surface area contributed by atoms with Crippen LogP contribution in [-0.2, 0) is 65.4 Å². The van der Waals surface area contributed by atoms with E-state index in [0.717, 1.165) is 135 Å². The highest BCUT2D eigenvalue weighted by molar-refractivity contribution is 7.47. The summed E-state index contributed by atoms with van der Waals surface area (Å²) in [6.45, 7) is 4.81. The highest BCUT2D eigenvalue weighted by Gasteiger charge is 2.30. The molecule has 0 bridgehead atoms. The quantitative estimate of drug-likeness (QED) is 0.0169. The summed E-state index contributed by atoms with van der Waals surface area (Å²) in [4.78, 5) is 73.2. The molecule has 0 heterocycles. The fourth-order valence-corrected chi connectivity index (χ4v) is 13.4. The van der Waals surface area contributed by atoms with E-state index in [1.807, 2.05) is 0 Å². The number of allylic oxidation sites excluding steroid dienone is 12. The molecule has 0 aromatic rings. The Morgan fingerprint density at radius 2 is 0.500 bits per heavy atom. The van der Waals surface area contributed by atoms with Gasteiger partial charge in [-0.3, -0.25) is 37.3 Å². The Labute approximate surface area is 634 Å². The third-order valence-corrected chi connectivity index (χ3v) is 20.1. The lowest BCUT2D eigenvalue weighted by atomic mass is 10.0. The van der Waals surface area contributed by atoms with Crippen LogP contribution in [0.3, 0.4) is 0 Å². The van der Waals surface area contributed by atoms with Gasteiger partial charge in [-0.2, -0.15) is 0 Å². The number of phosphoric acid groups is 2. The number of ether oxygens (including phenoxy) is 4. The maximum absolute atomic E-state index is 13.1. The van der Waals surface area contributed by atoms with E-state index in [9.17, 15) is 43.2 Å². The van der Waals surface area contributed by atoms with Crippen LogP contribution < -0.4 is 0 Å². The molecule has 3 N–H and O–H groups in total. The highest BCUT2D eigenvalue weighted by atomic mass is 31.2. The molecule has 0 aromatic heterocycles. The van der Waals surface area contributed by atoms with Crippen LogP contribution in [-0.4, -0.2) is 96.7 Å². The first-order valence-electron chi connectivity index (χ1n) is 42.2. The monoisotopic (exact) mass is 1510 g/mol. The molecular weight excluding hydrogens is 1350 g/mol. The summed E-state index contributed by atoms with van der Waals surface area (Å²) >= 11 is 0. The molecule has 0 amide bonds. The van der Waals surface area contributed by atoms with Crippen molar-refractivity contribution in [2.75, 3.05) is 39.6 Å². The van der Waals surface area contributed by atoms with E-state index < -0.39 is 97.5 Å². The summed E-state index contributed by atoms with van der Waals surface area (Å²) in [7, 11) is -9.96. The number of carbonyl (C=O) groups excluding carboxylic acids is 4. The molecule has 0 aliphatic carbocycles. The summed E-state index contributed by atoms with van der Waals surface area (Å²) in [6, 6.07) is 0. The Balaban J connectivity index is 5.36. The van der Waals surface area contributed by atoms with Gasteiger partial charge in [0.15, 0.2) is 12.2 Å². The molecule has 17 nitrogen and oxygen atoms in total. The van der Waals surface area contributed by atoms with Gasteiger partial charge < -0.3 is 33.8 Å². The van der Waals surface area contributed by atoms with Crippen molar-refractivity contribution >= 4 is 39.5 Å². The number of aliphatic hydroxyl groups excluding tert-OH is 1. The standard InChI is InChI=1S/C85H154O17P2/c1-5-9-13-17-21-25-29-33-37-38-39-40-44-48-52-56-60-64-68-72-85(90)102-81(76-96-83(88)70-66-62-58-54-50-46-42-35-31-27-23-19-15-11-7-3)78-100-104(93,94)98-74-79(86)73-97-103(91,92)99-77-80(101-84(89)71-67-63-59-55-51-47-43-36-32-28-24-20-16-12-8-4)75-95-82(87)69-65-61-57-53-49-45-41-34-30-26-22-18-14-10-6-2/h9,13,21,25-26,30,33,37,39-40,48,52,79-81,86H,5-8,10-12,14-20,22-24,27-29,31-32,34-36,38,41-47,49-51,53-78H2,1-4H3,(H,91,92)(H,93,94)/b13-9-,25-21-,30-26-,37-33-,40-39-,52-48-/t79-,80-,81-/m1/s1. The van der Waals surface area contributed by atoms with Crippen molar-refractivity contribution < 1.29 is 80.2 Å². The van der Waals surface area contributed by atoms with Gasteiger partial charge in [-0.15, -0.1) is 0 Å². The second-order valence-corrected chi connectivity index (χ2v) is 31.3. The van der Waals surface area contributed by atoms with Gasteiger partial charge in [0.05, 0.1) is 26.4 Å². The van der Waals surface area contributed by atoms with Crippen molar-refractivity contribution in [3.05, 3.63) is 72.9 Å². The Morgan fingerprint density at radius 3 is 0.798 bits per heavy atom. The van der Waals surface area contributed by atoms with E-state index in [4.69, 9.17) is 37.0 Å². The molecule has 0 aliphatic heterocycles. The number of hydrogen-bond donors (Lipinski definition) is 3. The zero-order valence-electron chi connectivity index (χ0n) is 66.5. The molecule has 0 fully saturated rings. The van der Waals surface area contributed by atoms with Crippen molar-refractivity contribution in [2.45, 2.75) is 406 Å². The van der Waals surface area contributed by atoms with Crippen molar-refractivity contribution in [3.63, 3.8) is 0 Å². The summed E-state index contributed by atoms with van der Waals surface area (Å²) in [5, 5.41) is 10.7. The zero-order chi connectivity index (χ0) is 76.0. The van der Waals surface area contributed by atoms with Crippen molar-refractivity contribution in [1.29, 1.82) is 0 Å². The predicted molar refractivity (Wildman–Crippen MR) is 427 cm³/mol. The Morgan fingerprint density at radius 1 is 0.279 bits per heavy atom. The van der Waals surface area contributed by atoms with Crippen LogP contribution in [0.2, 0.25) is 0 Å². The van der Waals surface area contributed by atoms with Gasteiger partial charge in [0.1, 0.15) is 19.3 Å². The van der Waals surface area contributed by atoms with Gasteiger partial charge in [-0.25, -0.2) is 9.13 Å². The number of carbonyl (C=O) groups is 4. The SMILES string of the molecule is CC/C=C\C/C=C\C/C=C\C/C=C\C/C=C\CCCCCC(=O)O[C@H](COC(=O)CCCCCCCCCCCCCCCCC)COP(=O)(O)OC[C@H](O)COP(=O)(O)OC[C@@H](COC(=O)CCCCCCCCC/C=C\CCCCCC)OC(=O)CCCCCCCCCCCCCCCCC. The zero-order valence-corrected chi connectivity index (χ0v) is 68.2. The van der Waals surface area contributed by atoms with Crippen LogP contribution >= 0.6 is 15.6 Å². The Bertz CT molecular complexity index is 2250. The fourth-order valence-electron chi connectivity index (χ4n) is 11.8. The number of hydrogen-bond acceptors (Lipinski definition) is 15. The summed E-state index contributed by atoms with van der Waals surface area (Å²) in [6.07, 6.45) is 80.0. The van der Waals surface area contributed by atoms with Crippen LogP contribution in [0.5, 0.6) is 0 Å². The first kappa shape index (κ1) is 100. The minimum Gasteiger partial charge on any atom is -0.462 e. The molecule has 104 heavy (non-hydrogen) atoms. The third kappa shape index (κ3) is 76.7. The molecule has 0 radical (unpaired) electrons. The molecule has 0 spiro atoms. The van der Waals surface area contributed by atoms with Gasteiger partial charge in [-0.05, 0) is 96.3 Å². The number of phosphoric ester groups is 2. The Hall–Kier alpha value is -3.50. The number of unbranched alkanes of at least 4 members (excludes halogenated alkanes) is 42. The number of aliphatic hydroxyl groups is 1. The third-order valence-electron chi connectivity index (χ3n) is 18.2. The van der Waals surface area contributed by atoms with E-state index in [-0.39, 0.29) is 25.7 Å². The van der Waals surface area contributed by atoms with Crippen molar-refractivity contribution in [3.8, 4) is 0 Å². The summed E-state index contributed by atoms with van der Waals surface area (Å²) in [5.74, 6) is -2.18. The lowest BCUT2D eigenvalue weighted by Crippen LogP contribution is -2.30. The fraction of sp³-hybridized carbons (Fsp3) is 0.812. The first-order chi connectivity index (χ1) is 50.7. The Kier molecular flexibility index (Phi) is 75.0. The van der Waals surface area contributed by atoms with Crippen LogP contribution in [0, 0.1) is 0 Å². The topological polar surface area (TPSA) is 237 Å². The van der Waals surface area contributed by atoms with Crippen LogP contribution in [0.1, 0.15) is 387 Å². The van der Waals surface area contributed by atoms with Crippen molar-refractivity contribution in [1.82, 2.24) is 0 Å². The van der Waals surface area contributed by atoms with Gasteiger partial charge in [0, 0.05) is 25.7 Å². The molecule has 606 valence electrons. The maximum Gasteiger partial charge on any atom is 0.472 e. The highest BCUT2D eigenvalue weighted by Crippen LogP contribution is 2.45. The second kappa shape index (κ2) is 77.7.